The molecule has 0 unspecified atom stereocenters. The molecule has 1 aromatic carbocycles. The molecule has 0 N–H and O–H groups in total. The lowest BCUT2D eigenvalue weighted by Gasteiger charge is -2.38. The molecule has 32 heavy (non-hydrogen) atoms. The van der Waals surface area contributed by atoms with Gasteiger partial charge in [0.15, 0.2) is 0 Å². The summed E-state index contributed by atoms with van der Waals surface area (Å²) in [4.78, 5) is 13.7. The third-order valence-corrected chi connectivity index (χ3v) is 8.08. The van der Waals surface area contributed by atoms with Crippen LogP contribution in [0.5, 0.6) is 0 Å². The molecular formula is C25H28BrN5S. The van der Waals surface area contributed by atoms with Crippen LogP contribution in [-0.2, 0) is 12.2 Å². The third-order valence-electron chi connectivity index (χ3n) is 6.51. The molecule has 166 valence electrons. The van der Waals surface area contributed by atoms with Crippen LogP contribution >= 0.6 is 27.7 Å². The smallest absolute Gasteiger partial charge is 0.232 e. The van der Waals surface area contributed by atoms with Gasteiger partial charge in [-0.2, -0.15) is 5.26 Å². The average molecular weight is 511 g/mol. The van der Waals surface area contributed by atoms with Crippen molar-refractivity contribution in [2.24, 2.45) is 0 Å². The van der Waals surface area contributed by atoms with Crippen molar-refractivity contribution < 1.29 is 0 Å². The van der Waals surface area contributed by atoms with Crippen molar-refractivity contribution in [2.45, 2.75) is 55.8 Å². The Labute approximate surface area is 203 Å². The van der Waals surface area contributed by atoms with E-state index in [4.69, 9.17) is 11.6 Å². The standard InChI is InChI=1S/C25H28BrN5S/c1-3-21-22(16-27)25(32-17-18-6-8-19(26)9-7-18)29-24(23(21)28-2)31-14-10-20(11-15-31)30-12-4-5-13-30/h6-9,20H,3-5,10-15,17H2,1H3. The summed E-state index contributed by atoms with van der Waals surface area (Å²) in [5.41, 5.74) is 3.16. The summed E-state index contributed by atoms with van der Waals surface area (Å²) < 4.78 is 1.05. The fourth-order valence-electron chi connectivity index (χ4n) is 4.77. The van der Waals surface area contributed by atoms with Gasteiger partial charge in [-0.25, -0.2) is 9.83 Å². The van der Waals surface area contributed by atoms with Gasteiger partial charge in [0.05, 0.1) is 12.1 Å². The minimum absolute atomic E-state index is 0.566. The van der Waals surface area contributed by atoms with Crippen LogP contribution in [-0.4, -0.2) is 42.1 Å². The lowest BCUT2D eigenvalue weighted by atomic mass is 10.0. The second-order valence-electron chi connectivity index (χ2n) is 8.40. The van der Waals surface area contributed by atoms with Gasteiger partial charge in [0.25, 0.3) is 0 Å². The van der Waals surface area contributed by atoms with Gasteiger partial charge in [-0.1, -0.05) is 35.0 Å². The van der Waals surface area contributed by atoms with Crippen molar-refractivity contribution in [1.82, 2.24) is 9.88 Å². The summed E-state index contributed by atoms with van der Waals surface area (Å²) in [6.07, 6.45) is 5.52. The number of hydrogen-bond donors (Lipinski definition) is 0. The van der Waals surface area contributed by atoms with Gasteiger partial charge in [0, 0.05) is 29.4 Å². The van der Waals surface area contributed by atoms with Crippen molar-refractivity contribution in [3.8, 4) is 6.07 Å². The highest BCUT2D eigenvalue weighted by Gasteiger charge is 2.29. The monoisotopic (exact) mass is 509 g/mol. The average Bonchev–Trinajstić information content (AvgIpc) is 3.37. The Kier molecular flexibility index (Phi) is 7.73. The minimum Gasteiger partial charge on any atom is -0.365 e. The van der Waals surface area contributed by atoms with Crippen molar-refractivity contribution >= 4 is 39.2 Å². The largest absolute Gasteiger partial charge is 0.365 e. The SMILES string of the molecule is [C-]#[N+]c1c(N2CCC(N3CCCC3)CC2)nc(SCc2ccc(Br)cc2)c(C#N)c1CC. The van der Waals surface area contributed by atoms with E-state index in [0.717, 1.165) is 52.6 Å². The summed E-state index contributed by atoms with van der Waals surface area (Å²) in [5, 5.41) is 10.7. The van der Waals surface area contributed by atoms with Crippen molar-refractivity contribution in [3.63, 3.8) is 0 Å². The maximum absolute atomic E-state index is 9.91. The molecule has 2 aliphatic heterocycles. The van der Waals surface area contributed by atoms with Gasteiger partial charge in [-0.3, -0.25) is 0 Å². The van der Waals surface area contributed by atoms with E-state index < -0.39 is 0 Å². The molecule has 3 heterocycles. The first-order valence-electron chi connectivity index (χ1n) is 11.3. The van der Waals surface area contributed by atoms with E-state index in [1.165, 1.54) is 31.5 Å². The van der Waals surface area contributed by atoms with Gasteiger partial charge in [-0.05, 0) is 68.5 Å². The van der Waals surface area contributed by atoms with Crippen LogP contribution < -0.4 is 4.90 Å². The van der Waals surface area contributed by atoms with E-state index >= 15 is 0 Å². The number of thioether (sulfide) groups is 1. The number of likely N-dealkylation sites (tertiary alicyclic amines) is 1. The molecule has 2 saturated heterocycles. The molecule has 7 heteroatoms. The number of piperidine rings is 1. The molecule has 1 aromatic heterocycles. The zero-order chi connectivity index (χ0) is 22.5. The number of aromatic nitrogens is 1. The Morgan fingerprint density at radius 2 is 1.88 bits per heavy atom. The Balaban J connectivity index is 1.59. The number of halogens is 1. The second-order valence-corrected chi connectivity index (χ2v) is 10.3. The topological polar surface area (TPSA) is 47.5 Å². The summed E-state index contributed by atoms with van der Waals surface area (Å²) >= 11 is 5.07. The molecule has 2 aromatic rings. The van der Waals surface area contributed by atoms with Crippen molar-refractivity contribution in [3.05, 3.63) is 56.8 Å². The molecule has 0 saturated carbocycles. The van der Waals surface area contributed by atoms with Gasteiger partial charge in [0.1, 0.15) is 16.9 Å². The van der Waals surface area contributed by atoms with Crippen molar-refractivity contribution in [2.75, 3.05) is 31.1 Å². The number of rotatable bonds is 6. The summed E-state index contributed by atoms with van der Waals surface area (Å²) in [6, 6.07) is 11.2. The summed E-state index contributed by atoms with van der Waals surface area (Å²) in [7, 11) is 0. The second kappa shape index (κ2) is 10.7. The molecule has 0 aliphatic carbocycles. The van der Waals surface area contributed by atoms with Gasteiger partial charge in [-0.15, -0.1) is 11.8 Å². The van der Waals surface area contributed by atoms with E-state index in [2.05, 4.69) is 48.8 Å². The molecule has 2 fully saturated rings. The van der Waals surface area contributed by atoms with Crippen LogP contribution in [0.25, 0.3) is 4.85 Å². The van der Waals surface area contributed by atoms with Crippen LogP contribution in [0.4, 0.5) is 11.5 Å². The third kappa shape index (κ3) is 4.96. The number of benzene rings is 1. The first kappa shape index (κ1) is 23.1. The van der Waals surface area contributed by atoms with Crippen LogP contribution in [0, 0.1) is 17.9 Å². The van der Waals surface area contributed by atoms with Crippen molar-refractivity contribution in [1.29, 1.82) is 5.26 Å². The fourth-order valence-corrected chi connectivity index (χ4v) is 6.00. The highest BCUT2D eigenvalue weighted by molar-refractivity contribution is 9.10. The Morgan fingerprint density at radius 1 is 1.19 bits per heavy atom. The molecule has 0 radical (unpaired) electrons. The predicted molar refractivity (Wildman–Crippen MR) is 134 cm³/mol. The highest BCUT2D eigenvalue weighted by atomic mass is 79.9. The minimum atomic E-state index is 0.566. The number of anilines is 1. The van der Waals surface area contributed by atoms with E-state index in [9.17, 15) is 5.26 Å². The Bertz CT molecular complexity index is 1030. The lowest BCUT2D eigenvalue weighted by Crippen LogP contribution is -2.44. The zero-order valence-corrected chi connectivity index (χ0v) is 20.9. The molecular weight excluding hydrogens is 482 g/mol. The van der Waals surface area contributed by atoms with Crippen LogP contribution in [0.15, 0.2) is 33.8 Å². The lowest BCUT2D eigenvalue weighted by molar-refractivity contribution is 0.207. The van der Waals surface area contributed by atoms with E-state index in [1.807, 2.05) is 19.1 Å². The molecule has 2 aliphatic rings. The van der Waals surface area contributed by atoms with E-state index in [1.54, 1.807) is 11.8 Å². The molecule has 4 rings (SSSR count). The maximum Gasteiger partial charge on any atom is 0.232 e. The highest BCUT2D eigenvalue weighted by Crippen LogP contribution is 2.40. The van der Waals surface area contributed by atoms with E-state index in [0.29, 0.717) is 23.7 Å². The zero-order valence-electron chi connectivity index (χ0n) is 18.5. The summed E-state index contributed by atoms with van der Waals surface area (Å²) in [6.45, 7) is 14.2. The van der Waals surface area contributed by atoms with Gasteiger partial charge >= 0.3 is 0 Å². The van der Waals surface area contributed by atoms with Gasteiger partial charge in [0.2, 0.25) is 5.69 Å². The van der Waals surface area contributed by atoms with Crippen LogP contribution in [0.3, 0.4) is 0 Å². The number of pyridine rings is 1. The fraction of sp³-hybridized carbons (Fsp3) is 0.480. The first-order valence-corrected chi connectivity index (χ1v) is 13.1. The number of nitriles is 1. The quantitative estimate of drug-likeness (QED) is 0.343. The number of hydrogen-bond acceptors (Lipinski definition) is 5. The molecule has 0 atom stereocenters. The molecule has 0 spiro atoms. The Morgan fingerprint density at radius 3 is 2.47 bits per heavy atom. The normalized spacial score (nSPS) is 17.3. The Hall–Kier alpha value is -2.06. The molecule has 0 amide bonds. The number of nitrogens with zero attached hydrogens (tertiary/aromatic N) is 5. The van der Waals surface area contributed by atoms with Gasteiger partial charge < -0.3 is 9.80 Å². The molecule has 5 nitrogen and oxygen atoms in total. The van der Waals surface area contributed by atoms with Crippen LogP contribution in [0.1, 0.15) is 49.3 Å². The summed E-state index contributed by atoms with van der Waals surface area (Å²) in [5.74, 6) is 1.51. The van der Waals surface area contributed by atoms with E-state index in [-0.39, 0.29) is 0 Å². The first-order chi connectivity index (χ1) is 15.6. The maximum atomic E-state index is 9.91. The predicted octanol–water partition coefficient (Wildman–Crippen LogP) is 6.19. The molecule has 0 bridgehead atoms. The van der Waals surface area contributed by atoms with Crippen LogP contribution in [0.2, 0.25) is 0 Å².